The van der Waals surface area contributed by atoms with Crippen LogP contribution in [0.15, 0.2) is 121 Å². The molecule has 182 valence electrons. The molecule has 0 aromatic heterocycles. The quantitative estimate of drug-likeness (QED) is 0.216. The van der Waals surface area contributed by atoms with Gasteiger partial charge in [-0.25, -0.2) is 0 Å². The van der Waals surface area contributed by atoms with Gasteiger partial charge >= 0.3 is 0 Å². The van der Waals surface area contributed by atoms with E-state index in [-0.39, 0.29) is 0 Å². The van der Waals surface area contributed by atoms with Crippen molar-refractivity contribution in [1.82, 2.24) is 0 Å². The van der Waals surface area contributed by atoms with Crippen LogP contribution < -0.4 is 9.80 Å². The van der Waals surface area contributed by atoms with E-state index in [1.165, 1.54) is 16.7 Å². The lowest BCUT2D eigenvalue weighted by atomic mass is 10.1. The Bertz CT molecular complexity index is 1420. The minimum Gasteiger partial charge on any atom is -0.311 e. The molecule has 0 unspecified atom stereocenters. The van der Waals surface area contributed by atoms with Crippen LogP contribution >= 0.6 is 0 Å². The first kappa shape index (κ1) is 24.1. The van der Waals surface area contributed by atoms with Gasteiger partial charge in [-0.2, -0.15) is 0 Å². The summed E-state index contributed by atoms with van der Waals surface area (Å²) in [6, 6.07) is 42.0. The fourth-order valence-corrected chi connectivity index (χ4v) is 4.43. The minimum absolute atomic E-state index is 0.662. The fraction of sp³-hybridized carbons (Fsp3) is 0.0882. The van der Waals surface area contributed by atoms with Crippen molar-refractivity contribution in [3.05, 3.63) is 144 Å². The maximum absolute atomic E-state index is 11.2. The summed E-state index contributed by atoms with van der Waals surface area (Å²) in [5.74, 6) is 0. The number of nitrogens with zero attached hydrogens (tertiary/aromatic N) is 2. The molecule has 0 bridgehead atoms. The fourth-order valence-electron chi connectivity index (χ4n) is 4.43. The van der Waals surface area contributed by atoms with Crippen molar-refractivity contribution in [2.24, 2.45) is 0 Å². The summed E-state index contributed by atoms with van der Waals surface area (Å²) >= 11 is 0. The molecule has 0 aliphatic heterocycles. The van der Waals surface area contributed by atoms with Crippen molar-refractivity contribution in [2.45, 2.75) is 20.8 Å². The Hall–Kier alpha value is -4.63. The standard InChI is InChI=1S/C34H30N2O/c1-25-4-12-29(13-5-25)35(30-14-6-26(2)7-15-30)33-20-22-34(23-21-33)36(31-16-8-27(3)9-17-31)32-18-10-28(24-37)11-19-32/h4-24H,1-3H3. The highest BCUT2D eigenvalue weighted by Crippen LogP contribution is 2.39. The van der Waals surface area contributed by atoms with Crippen LogP contribution in [0.4, 0.5) is 34.1 Å². The number of hydrogen-bond donors (Lipinski definition) is 0. The Morgan fingerprint density at radius 2 is 0.595 bits per heavy atom. The first-order valence-corrected chi connectivity index (χ1v) is 12.5. The molecule has 5 rings (SSSR count). The highest BCUT2D eigenvalue weighted by molar-refractivity contribution is 5.82. The minimum atomic E-state index is 0.662. The summed E-state index contributed by atoms with van der Waals surface area (Å²) < 4.78 is 0. The summed E-state index contributed by atoms with van der Waals surface area (Å²) in [6.45, 7) is 6.30. The van der Waals surface area contributed by atoms with E-state index in [2.05, 4.69) is 128 Å². The van der Waals surface area contributed by atoms with E-state index in [1.54, 1.807) is 0 Å². The molecule has 0 atom stereocenters. The van der Waals surface area contributed by atoms with E-state index in [0.717, 1.165) is 40.4 Å². The molecule has 0 N–H and O–H groups in total. The lowest BCUT2D eigenvalue weighted by Crippen LogP contribution is -2.12. The Morgan fingerprint density at radius 3 is 0.838 bits per heavy atom. The predicted molar refractivity (Wildman–Crippen MR) is 155 cm³/mol. The van der Waals surface area contributed by atoms with Crippen LogP contribution in [0.3, 0.4) is 0 Å². The number of aryl methyl sites for hydroxylation is 3. The van der Waals surface area contributed by atoms with Crippen molar-refractivity contribution < 1.29 is 4.79 Å². The molecule has 37 heavy (non-hydrogen) atoms. The second-order valence-electron chi connectivity index (χ2n) is 9.40. The van der Waals surface area contributed by atoms with Gasteiger partial charge in [0, 0.05) is 39.7 Å². The molecule has 0 saturated carbocycles. The smallest absolute Gasteiger partial charge is 0.150 e. The zero-order chi connectivity index (χ0) is 25.8. The molecule has 3 heteroatoms. The third-order valence-corrected chi connectivity index (χ3v) is 6.53. The van der Waals surface area contributed by atoms with Crippen molar-refractivity contribution in [3.63, 3.8) is 0 Å². The second kappa shape index (κ2) is 10.5. The summed E-state index contributed by atoms with van der Waals surface area (Å²) in [7, 11) is 0. The molecule has 0 heterocycles. The molecule has 0 fully saturated rings. The molecule has 0 radical (unpaired) electrons. The van der Waals surface area contributed by atoms with Crippen molar-refractivity contribution in [3.8, 4) is 0 Å². The monoisotopic (exact) mass is 482 g/mol. The molecule has 0 saturated heterocycles. The predicted octanol–water partition coefficient (Wildman–Crippen LogP) is 9.36. The van der Waals surface area contributed by atoms with Gasteiger partial charge < -0.3 is 9.80 Å². The van der Waals surface area contributed by atoms with Gasteiger partial charge in [-0.3, -0.25) is 4.79 Å². The van der Waals surface area contributed by atoms with E-state index in [4.69, 9.17) is 0 Å². The van der Waals surface area contributed by atoms with Crippen molar-refractivity contribution in [1.29, 1.82) is 0 Å². The topological polar surface area (TPSA) is 23.6 Å². The Morgan fingerprint density at radius 1 is 0.378 bits per heavy atom. The van der Waals surface area contributed by atoms with E-state index in [1.807, 2.05) is 24.3 Å². The van der Waals surface area contributed by atoms with Gasteiger partial charge in [0.25, 0.3) is 0 Å². The molecule has 0 amide bonds. The lowest BCUT2D eigenvalue weighted by Gasteiger charge is -2.28. The average molecular weight is 483 g/mol. The molecule has 3 nitrogen and oxygen atoms in total. The summed E-state index contributed by atoms with van der Waals surface area (Å²) in [5, 5.41) is 0. The average Bonchev–Trinajstić information content (AvgIpc) is 2.93. The van der Waals surface area contributed by atoms with Gasteiger partial charge in [-0.1, -0.05) is 53.1 Å². The Labute approximate surface area is 219 Å². The van der Waals surface area contributed by atoms with E-state index in [0.29, 0.717) is 5.56 Å². The summed E-state index contributed by atoms with van der Waals surface area (Å²) in [5.41, 5.74) is 10.7. The number of rotatable bonds is 7. The SMILES string of the molecule is Cc1ccc(N(c2ccc(C)cc2)c2ccc(N(c3ccc(C)cc3)c3ccc(C=O)cc3)cc2)cc1. The molecule has 0 spiro atoms. The Balaban J connectivity index is 1.57. The second-order valence-corrected chi connectivity index (χ2v) is 9.40. The van der Waals surface area contributed by atoms with Crippen LogP contribution in [0.5, 0.6) is 0 Å². The number of carbonyl (C=O) groups is 1. The number of anilines is 6. The van der Waals surface area contributed by atoms with E-state index >= 15 is 0 Å². The third kappa shape index (κ3) is 5.31. The molecule has 5 aromatic carbocycles. The molecule has 0 aliphatic rings. The highest BCUT2D eigenvalue weighted by atomic mass is 16.1. The first-order chi connectivity index (χ1) is 18.0. The number of carbonyl (C=O) groups excluding carboxylic acids is 1. The maximum atomic E-state index is 11.2. The first-order valence-electron chi connectivity index (χ1n) is 12.5. The Kier molecular flexibility index (Phi) is 6.87. The van der Waals surface area contributed by atoms with Gasteiger partial charge in [0.1, 0.15) is 6.29 Å². The number of benzene rings is 5. The van der Waals surface area contributed by atoms with Gasteiger partial charge in [0.15, 0.2) is 0 Å². The van der Waals surface area contributed by atoms with Gasteiger partial charge in [0.2, 0.25) is 0 Å². The highest BCUT2D eigenvalue weighted by Gasteiger charge is 2.16. The van der Waals surface area contributed by atoms with E-state index in [9.17, 15) is 4.79 Å². The maximum Gasteiger partial charge on any atom is 0.150 e. The normalized spacial score (nSPS) is 10.7. The van der Waals surface area contributed by atoms with Crippen LogP contribution in [0.25, 0.3) is 0 Å². The van der Waals surface area contributed by atoms with E-state index < -0.39 is 0 Å². The van der Waals surface area contributed by atoms with Gasteiger partial charge in [-0.15, -0.1) is 0 Å². The number of aldehydes is 1. The van der Waals surface area contributed by atoms with Crippen LogP contribution in [0.1, 0.15) is 27.0 Å². The summed E-state index contributed by atoms with van der Waals surface area (Å²) in [6.07, 6.45) is 0.875. The van der Waals surface area contributed by atoms with Crippen LogP contribution in [0, 0.1) is 20.8 Å². The summed E-state index contributed by atoms with van der Waals surface area (Å²) in [4.78, 5) is 15.7. The van der Waals surface area contributed by atoms with Gasteiger partial charge in [0.05, 0.1) is 0 Å². The molecular weight excluding hydrogens is 452 g/mol. The van der Waals surface area contributed by atoms with Gasteiger partial charge in [-0.05, 0) is 106 Å². The van der Waals surface area contributed by atoms with Crippen LogP contribution in [0.2, 0.25) is 0 Å². The third-order valence-electron chi connectivity index (χ3n) is 6.53. The zero-order valence-electron chi connectivity index (χ0n) is 21.4. The lowest BCUT2D eigenvalue weighted by molar-refractivity contribution is 0.112. The van der Waals surface area contributed by atoms with Crippen LogP contribution in [-0.4, -0.2) is 6.29 Å². The molecule has 0 aliphatic carbocycles. The number of hydrogen-bond acceptors (Lipinski definition) is 3. The zero-order valence-corrected chi connectivity index (χ0v) is 21.4. The van der Waals surface area contributed by atoms with Crippen LogP contribution in [-0.2, 0) is 0 Å². The molecular formula is C34H30N2O. The van der Waals surface area contributed by atoms with Crippen molar-refractivity contribution >= 4 is 40.4 Å². The molecule has 5 aromatic rings. The van der Waals surface area contributed by atoms with Crippen molar-refractivity contribution in [2.75, 3.05) is 9.80 Å². The largest absolute Gasteiger partial charge is 0.311 e.